The molecule has 2 N–H and O–H groups in total. The summed E-state index contributed by atoms with van der Waals surface area (Å²) in [6.07, 6.45) is 2.65. The molecule has 1 aliphatic heterocycles. The first kappa shape index (κ1) is 15.5. The van der Waals surface area contributed by atoms with Crippen LogP contribution >= 0.6 is 0 Å². The summed E-state index contributed by atoms with van der Waals surface area (Å²) in [6.45, 7) is 0. The molecule has 0 aliphatic carbocycles. The average molecular weight is 315 g/mol. The van der Waals surface area contributed by atoms with Gasteiger partial charge in [-0.15, -0.1) is 0 Å². The van der Waals surface area contributed by atoms with Crippen LogP contribution in [0.4, 0.5) is 0 Å². The van der Waals surface area contributed by atoms with Crippen molar-refractivity contribution >= 4 is 0 Å². The molecule has 0 saturated carbocycles. The number of phenolic OH excluding ortho intramolecular Hbond substituents is 1. The van der Waals surface area contributed by atoms with Crippen molar-refractivity contribution in [2.75, 3.05) is 14.2 Å². The number of hydrogen-bond acceptors (Lipinski definition) is 5. The van der Waals surface area contributed by atoms with Crippen LogP contribution in [0.3, 0.4) is 0 Å². The highest BCUT2D eigenvalue weighted by Crippen LogP contribution is 2.30. The van der Waals surface area contributed by atoms with Crippen molar-refractivity contribution in [1.29, 1.82) is 0 Å². The molecule has 0 aromatic heterocycles. The standard InChI is InChI=1S/C18H21NO4/c1-21-17-7-4-12(9-18(17)22-2)3-5-14-10-13-11-15(20)6-8-16(13)23-19-14/h4,6-9,11,14,19-20H,3,5,10H2,1-2H3. The molecule has 0 spiro atoms. The van der Waals surface area contributed by atoms with Crippen LogP contribution in [0.25, 0.3) is 0 Å². The van der Waals surface area contributed by atoms with Crippen LogP contribution in [-0.2, 0) is 12.8 Å². The van der Waals surface area contributed by atoms with Crippen molar-refractivity contribution in [3.05, 3.63) is 47.5 Å². The lowest BCUT2D eigenvalue weighted by Crippen LogP contribution is -2.38. The Kier molecular flexibility index (Phi) is 4.57. The Bertz CT molecular complexity index is 687. The maximum Gasteiger partial charge on any atom is 0.160 e. The van der Waals surface area contributed by atoms with E-state index in [4.69, 9.17) is 14.3 Å². The van der Waals surface area contributed by atoms with E-state index < -0.39 is 0 Å². The lowest BCUT2D eigenvalue weighted by molar-refractivity contribution is 0.129. The summed E-state index contributed by atoms with van der Waals surface area (Å²) in [5.41, 5.74) is 5.29. The number of phenols is 1. The summed E-state index contributed by atoms with van der Waals surface area (Å²) < 4.78 is 10.6. The highest BCUT2D eigenvalue weighted by molar-refractivity contribution is 5.43. The van der Waals surface area contributed by atoms with E-state index in [0.717, 1.165) is 42.1 Å². The van der Waals surface area contributed by atoms with E-state index in [0.29, 0.717) is 0 Å². The molecule has 1 unspecified atom stereocenters. The summed E-state index contributed by atoms with van der Waals surface area (Å²) in [6, 6.07) is 11.4. The van der Waals surface area contributed by atoms with Gasteiger partial charge in [-0.1, -0.05) is 6.07 Å². The highest BCUT2D eigenvalue weighted by Gasteiger charge is 2.20. The van der Waals surface area contributed by atoms with Gasteiger partial charge in [0.1, 0.15) is 5.75 Å². The summed E-state index contributed by atoms with van der Waals surface area (Å²) in [5, 5.41) is 9.59. The van der Waals surface area contributed by atoms with Gasteiger partial charge in [0.25, 0.3) is 0 Å². The van der Waals surface area contributed by atoms with Crippen LogP contribution < -0.4 is 19.8 Å². The van der Waals surface area contributed by atoms with E-state index in [-0.39, 0.29) is 11.8 Å². The van der Waals surface area contributed by atoms with Crippen molar-refractivity contribution in [1.82, 2.24) is 5.48 Å². The van der Waals surface area contributed by atoms with Crippen molar-refractivity contribution in [3.63, 3.8) is 0 Å². The van der Waals surface area contributed by atoms with E-state index >= 15 is 0 Å². The molecule has 0 radical (unpaired) electrons. The Morgan fingerprint density at radius 2 is 1.96 bits per heavy atom. The minimum atomic E-state index is 0.206. The highest BCUT2D eigenvalue weighted by atomic mass is 16.6. The Hall–Kier alpha value is -2.40. The molecule has 3 rings (SSSR count). The SMILES string of the molecule is COc1ccc(CCC2Cc3cc(O)ccc3ON2)cc1OC. The lowest BCUT2D eigenvalue weighted by Gasteiger charge is -2.26. The van der Waals surface area contributed by atoms with Crippen LogP contribution in [0.2, 0.25) is 0 Å². The molecule has 0 amide bonds. The fourth-order valence-corrected chi connectivity index (χ4v) is 2.82. The molecular formula is C18H21NO4. The van der Waals surface area contributed by atoms with E-state index in [1.165, 1.54) is 5.56 Å². The Labute approximate surface area is 135 Å². The van der Waals surface area contributed by atoms with Crippen molar-refractivity contribution in [3.8, 4) is 23.0 Å². The molecule has 5 nitrogen and oxygen atoms in total. The normalized spacial score (nSPS) is 16.3. The molecule has 2 aromatic carbocycles. The first-order valence-corrected chi connectivity index (χ1v) is 7.64. The molecule has 0 bridgehead atoms. The summed E-state index contributed by atoms with van der Waals surface area (Å²) in [5.74, 6) is 2.53. The fourth-order valence-electron chi connectivity index (χ4n) is 2.82. The zero-order chi connectivity index (χ0) is 16.2. The maximum absolute atomic E-state index is 9.59. The predicted octanol–water partition coefficient (Wildman–Crippen LogP) is 2.85. The monoisotopic (exact) mass is 315 g/mol. The van der Waals surface area contributed by atoms with Gasteiger partial charge in [0.15, 0.2) is 17.2 Å². The van der Waals surface area contributed by atoms with Crippen LogP contribution in [0.5, 0.6) is 23.0 Å². The second-order valence-corrected chi connectivity index (χ2v) is 5.64. The number of rotatable bonds is 5. The van der Waals surface area contributed by atoms with Gasteiger partial charge < -0.3 is 19.4 Å². The molecule has 23 heavy (non-hydrogen) atoms. The summed E-state index contributed by atoms with van der Waals surface area (Å²) in [4.78, 5) is 5.56. The third-order valence-electron chi connectivity index (χ3n) is 4.08. The number of aromatic hydroxyl groups is 1. The zero-order valence-electron chi connectivity index (χ0n) is 13.3. The van der Waals surface area contributed by atoms with Crippen LogP contribution in [0.15, 0.2) is 36.4 Å². The quantitative estimate of drug-likeness (QED) is 0.888. The minimum absolute atomic E-state index is 0.206. The summed E-state index contributed by atoms with van der Waals surface area (Å²) >= 11 is 0. The first-order chi connectivity index (χ1) is 11.2. The smallest absolute Gasteiger partial charge is 0.160 e. The number of benzene rings is 2. The summed E-state index contributed by atoms with van der Waals surface area (Å²) in [7, 11) is 3.27. The van der Waals surface area contributed by atoms with Gasteiger partial charge in [-0.05, 0) is 55.2 Å². The molecule has 1 aliphatic rings. The van der Waals surface area contributed by atoms with Gasteiger partial charge in [0.05, 0.1) is 14.2 Å². The molecule has 0 fully saturated rings. The molecule has 0 saturated heterocycles. The van der Waals surface area contributed by atoms with Gasteiger partial charge in [0.2, 0.25) is 0 Å². The van der Waals surface area contributed by atoms with E-state index in [1.54, 1.807) is 32.4 Å². The van der Waals surface area contributed by atoms with Gasteiger partial charge in [-0.2, -0.15) is 5.48 Å². The molecular weight excluding hydrogens is 294 g/mol. The van der Waals surface area contributed by atoms with E-state index in [1.807, 2.05) is 18.2 Å². The average Bonchev–Trinajstić information content (AvgIpc) is 2.59. The van der Waals surface area contributed by atoms with Gasteiger partial charge in [-0.25, -0.2) is 0 Å². The number of fused-ring (bicyclic) bond motifs is 1. The number of aryl methyl sites for hydroxylation is 1. The van der Waals surface area contributed by atoms with Crippen molar-refractivity contribution in [2.45, 2.75) is 25.3 Å². The Morgan fingerprint density at radius 1 is 1.13 bits per heavy atom. The second kappa shape index (κ2) is 6.79. The molecule has 1 heterocycles. The number of hydrogen-bond donors (Lipinski definition) is 2. The maximum atomic E-state index is 9.59. The van der Waals surface area contributed by atoms with E-state index in [2.05, 4.69) is 5.48 Å². The van der Waals surface area contributed by atoms with Crippen molar-refractivity contribution in [2.24, 2.45) is 0 Å². The molecule has 5 heteroatoms. The van der Waals surface area contributed by atoms with Crippen LogP contribution in [0.1, 0.15) is 17.5 Å². The van der Waals surface area contributed by atoms with Gasteiger partial charge in [-0.3, -0.25) is 0 Å². The van der Waals surface area contributed by atoms with Crippen LogP contribution in [-0.4, -0.2) is 25.4 Å². The lowest BCUT2D eigenvalue weighted by atomic mass is 9.98. The first-order valence-electron chi connectivity index (χ1n) is 7.64. The molecule has 122 valence electrons. The minimum Gasteiger partial charge on any atom is -0.508 e. The number of ether oxygens (including phenoxy) is 2. The largest absolute Gasteiger partial charge is 0.508 e. The Balaban J connectivity index is 1.63. The predicted molar refractivity (Wildman–Crippen MR) is 87.2 cm³/mol. The van der Waals surface area contributed by atoms with Crippen molar-refractivity contribution < 1.29 is 19.4 Å². The molecule has 2 aromatic rings. The number of hydroxylamine groups is 1. The molecule has 1 atom stereocenters. The fraction of sp³-hybridized carbons (Fsp3) is 0.333. The van der Waals surface area contributed by atoms with E-state index in [9.17, 15) is 5.11 Å². The number of methoxy groups -OCH3 is 2. The Morgan fingerprint density at radius 3 is 2.74 bits per heavy atom. The zero-order valence-corrected chi connectivity index (χ0v) is 13.3. The third-order valence-corrected chi connectivity index (χ3v) is 4.08. The second-order valence-electron chi connectivity index (χ2n) is 5.64. The number of nitrogens with one attached hydrogen (secondary N) is 1. The van der Waals surface area contributed by atoms with Gasteiger partial charge >= 0.3 is 0 Å². The van der Waals surface area contributed by atoms with Crippen LogP contribution in [0, 0.1) is 0 Å². The third kappa shape index (κ3) is 3.51. The van der Waals surface area contributed by atoms with Gasteiger partial charge in [0, 0.05) is 11.6 Å². The topological polar surface area (TPSA) is 60.0 Å².